The van der Waals surface area contributed by atoms with Gasteiger partial charge >= 0.3 is 6.18 Å². The van der Waals surface area contributed by atoms with Gasteiger partial charge in [-0.05, 0) is 49.6 Å². The van der Waals surface area contributed by atoms with Crippen LogP contribution in [0.2, 0.25) is 0 Å². The van der Waals surface area contributed by atoms with Crippen molar-refractivity contribution in [2.75, 3.05) is 6.61 Å². The summed E-state index contributed by atoms with van der Waals surface area (Å²) < 4.78 is 41.1. The van der Waals surface area contributed by atoms with E-state index in [2.05, 4.69) is 16.1 Å². The van der Waals surface area contributed by atoms with Crippen LogP contribution in [-0.4, -0.2) is 18.7 Å². The topological polar surface area (TPSA) is 38.3 Å². The Hall–Kier alpha value is -2.34. The van der Waals surface area contributed by atoms with Crippen molar-refractivity contribution in [1.82, 2.24) is 5.32 Å². The minimum Gasteiger partial charge on any atom is -0.367 e. The van der Waals surface area contributed by atoms with E-state index in [0.717, 1.165) is 16.7 Å². The van der Waals surface area contributed by atoms with E-state index in [1.807, 2.05) is 32.9 Å². The summed E-state index contributed by atoms with van der Waals surface area (Å²) in [4.78, 5) is 12.5. The summed E-state index contributed by atoms with van der Waals surface area (Å²) >= 11 is 0. The van der Waals surface area contributed by atoms with E-state index < -0.39 is 12.8 Å². The molecule has 140 valence electrons. The highest BCUT2D eigenvalue weighted by atomic mass is 19.4. The molecule has 1 atom stereocenters. The summed E-state index contributed by atoms with van der Waals surface area (Å²) in [5.41, 5.74) is 4.16. The van der Waals surface area contributed by atoms with Crippen LogP contribution in [0.4, 0.5) is 13.2 Å². The van der Waals surface area contributed by atoms with Gasteiger partial charge in [0.05, 0.1) is 12.6 Å². The molecule has 0 heterocycles. The largest absolute Gasteiger partial charge is 0.411 e. The number of nitrogens with one attached hydrogen (secondary N) is 1. The number of hydrogen-bond acceptors (Lipinski definition) is 2. The fraction of sp³-hybridized carbons (Fsp3) is 0.350. The van der Waals surface area contributed by atoms with E-state index in [9.17, 15) is 18.0 Å². The smallest absolute Gasteiger partial charge is 0.367 e. The fourth-order valence-electron chi connectivity index (χ4n) is 2.76. The molecule has 6 heteroatoms. The highest BCUT2D eigenvalue weighted by Gasteiger charge is 2.27. The van der Waals surface area contributed by atoms with Crippen molar-refractivity contribution < 1.29 is 22.7 Å². The van der Waals surface area contributed by atoms with Crippen LogP contribution in [0.25, 0.3) is 0 Å². The van der Waals surface area contributed by atoms with Crippen LogP contribution in [0.1, 0.15) is 45.6 Å². The Morgan fingerprint density at radius 1 is 1.15 bits per heavy atom. The van der Waals surface area contributed by atoms with Gasteiger partial charge in [0.25, 0.3) is 5.91 Å². The second-order valence-corrected chi connectivity index (χ2v) is 6.36. The molecule has 2 rings (SSSR count). The van der Waals surface area contributed by atoms with Crippen LogP contribution in [0, 0.1) is 13.8 Å². The van der Waals surface area contributed by atoms with Crippen molar-refractivity contribution in [1.29, 1.82) is 0 Å². The molecule has 0 aliphatic heterocycles. The zero-order chi connectivity index (χ0) is 19.3. The molecule has 2 aromatic carbocycles. The first-order valence-corrected chi connectivity index (χ1v) is 8.27. The maximum atomic E-state index is 12.5. The van der Waals surface area contributed by atoms with E-state index in [1.54, 1.807) is 24.3 Å². The van der Waals surface area contributed by atoms with Crippen molar-refractivity contribution >= 4 is 5.91 Å². The molecule has 1 amide bonds. The molecule has 26 heavy (non-hydrogen) atoms. The summed E-state index contributed by atoms with van der Waals surface area (Å²) in [5, 5.41) is 2.92. The second-order valence-electron chi connectivity index (χ2n) is 6.36. The van der Waals surface area contributed by atoms with Gasteiger partial charge in [0.1, 0.15) is 6.61 Å². The van der Waals surface area contributed by atoms with Crippen LogP contribution >= 0.6 is 0 Å². The Morgan fingerprint density at radius 3 is 2.54 bits per heavy atom. The zero-order valence-corrected chi connectivity index (χ0v) is 15.0. The highest BCUT2D eigenvalue weighted by molar-refractivity contribution is 5.94. The van der Waals surface area contributed by atoms with Gasteiger partial charge < -0.3 is 10.1 Å². The lowest BCUT2D eigenvalue weighted by Crippen LogP contribution is -2.27. The van der Waals surface area contributed by atoms with Gasteiger partial charge in [0.15, 0.2) is 0 Å². The van der Waals surface area contributed by atoms with E-state index in [0.29, 0.717) is 11.1 Å². The quantitative estimate of drug-likeness (QED) is 0.793. The van der Waals surface area contributed by atoms with Crippen LogP contribution in [0.5, 0.6) is 0 Å². The van der Waals surface area contributed by atoms with Crippen LogP contribution in [0.15, 0.2) is 42.5 Å². The van der Waals surface area contributed by atoms with Gasteiger partial charge in [-0.25, -0.2) is 0 Å². The van der Waals surface area contributed by atoms with Crippen LogP contribution in [-0.2, 0) is 11.3 Å². The molecule has 0 aliphatic rings. The molecular formula is C20H22F3NO2. The molecule has 0 unspecified atom stereocenters. The number of rotatable bonds is 6. The van der Waals surface area contributed by atoms with E-state index in [1.165, 1.54) is 0 Å². The SMILES string of the molecule is Cc1ccc([C@@H](C)NC(=O)c2cccc(COCC(F)(F)F)c2)c(C)c1. The summed E-state index contributed by atoms with van der Waals surface area (Å²) in [6.45, 7) is 4.38. The number of aryl methyl sites for hydroxylation is 2. The molecule has 3 nitrogen and oxygen atoms in total. The maximum absolute atomic E-state index is 12.5. The standard InChI is InChI=1S/C20H22F3NO2/c1-13-7-8-18(14(2)9-13)15(3)24-19(25)17-6-4-5-16(10-17)11-26-12-20(21,22)23/h4-10,15H,11-12H2,1-3H3,(H,24,25)/t15-/m1/s1. The molecule has 0 aromatic heterocycles. The third kappa shape index (κ3) is 5.88. The molecule has 0 fully saturated rings. The average Bonchev–Trinajstić information content (AvgIpc) is 2.53. The van der Waals surface area contributed by atoms with Gasteiger partial charge in [-0.15, -0.1) is 0 Å². The summed E-state index contributed by atoms with van der Waals surface area (Å²) in [6, 6.07) is 12.3. The number of halogens is 3. The van der Waals surface area contributed by atoms with Gasteiger partial charge in [0.2, 0.25) is 0 Å². The summed E-state index contributed by atoms with van der Waals surface area (Å²) in [7, 11) is 0. The Balaban J connectivity index is 2.01. The number of hydrogen-bond donors (Lipinski definition) is 1. The van der Waals surface area contributed by atoms with Gasteiger partial charge in [0, 0.05) is 5.56 Å². The summed E-state index contributed by atoms with van der Waals surface area (Å²) in [5.74, 6) is -0.282. The third-order valence-corrected chi connectivity index (χ3v) is 3.96. The van der Waals surface area contributed by atoms with E-state index in [4.69, 9.17) is 0 Å². The molecule has 0 saturated heterocycles. The maximum Gasteiger partial charge on any atom is 0.411 e. The lowest BCUT2D eigenvalue weighted by atomic mass is 10.00. The minimum absolute atomic E-state index is 0.187. The number of ether oxygens (including phenoxy) is 1. The molecule has 0 aliphatic carbocycles. The zero-order valence-electron chi connectivity index (χ0n) is 15.0. The van der Waals surface area contributed by atoms with E-state index >= 15 is 0 Å². The Morgan fingerprint density at radius 2 is 1.88 bits per heavy atom. The first-order valence-electron chi connectivity index (χ1n) is 8.27. The van der Waals surface area contributed by atoms with Crippen molar-refractivity contribution in [3.63, 3.8) is 0 Å². The molecule has 0 radical (unpaired) electrons. The molecule has 0 saturated carbocycles. The Bertz CT molecular complexity index is 772. The minimum atomic E-state index is -4.36. The van der Waals surface area contributed by atoms with Crippen molar-refractivity contribution in [3.8, 4) is 0 Å². The lowest BCUT2D eigenvalue weighted by Gasteiger charge is -2.17. The first-order chi connectivity index (χ1) is 12.2. The summed E-state index contributed by atoms with van der Waals surface area (Å²) in [6.07, 6.45) is -4.36. The van der Waals surface area contributed by atoms with Crippen molar-refractivity contribution in [2.24, 2.45) is 0 Å². The molecule has 0 bridgehead atoms. The van der Waals surface area contributed by atoms with Gasteiger partial charge in [-0.1, -0.05) is 35.9 Å². The van der Waals surface area contributed by atoms with Gasteiger partial charge in [-0.3, -0.25) is 4.79 Å². The lowest BCUT2D eigenvalue weighted by molar-refractivity contribution is -0.176. The molecule has 0 spiro atoms. The Kier molecular flexibility index (Phi) is 6.42. The van der Waals surface area contributed by atoms with Crippen molar-refractivity contribution in [3.05, 3.63) is 70.3 Å². The monoisotopic (exact) mass is 365 g/mol. The highest BCUT2D eigenvalue weighted by Crippen LogP contribution is 2.20. The fourth-order valence-corrected chi connectivity index (χ4v) is 2.76. The number of benzene rings is 2. The van der Waals surface area contributed by atoms with Crippen LogP contribution in [0.3, 0.4) is 0 Å². The predicted octanol–water partition coefficient (Wildman–Crippen LogP) is 4.87. The van der Waals surface area contributed by atoms with Crippen molar-refractivity contribution in [2.45, 2.75) is 39.6 Å². The normalized spacial score (nSPS) is 12.7. The van der Waals surface area contributed by atoms with Gasteiger partial charge in [-0.2, -0.15) is 13.2 Å². The predicted molar refractivity (Wildman–Crippen MR) is 94.0 cm³/mol. The molecule has 1 N–H and O–H groups in total. The second kappa shape index (κ2) is 8.36. The number of amides is 1. The third-order valence-electron chi connectivity index (χ3n) is 3.96. The number of carbonyl (C=O) groups is 1. The molecule has 2 aromatic rings. The number of carbonyl (C=O) groups excluding carboxylic acids is 1. The molecular weight excluding hydrogens is 343 g/mol. The number of alkyl halides is 3. The van der Waals surface area contributed by atoms with Crippen LogP contribution < -0.4 is 5.32 Å². The van der Waals surface area contributed by atoms with E-state index in [-0.39, 0.29) is 18.6 Å². The average molecular weight is 365 g/mol. The Labute approximate surface area is 151 Å². The first kappa shape index (κ1) is 20.0.